The van der Waals surface area contributed by atoms with Crippen LogP contribution in [-0.2, 0) is 38.0 Å². The van der Waals surface area contributed by atoms with Gasteiger partial charge in [0.05, 0.1) is 95.2 Å². The minimum atomic E-state index is -1.02. The second kappa shape index (κ2) is 26.4. The quantitative estimate of drug-likeness (QED) is 0.0345. The number of aromatic nitrogens is 1. The third-order valence-corrected chi connectivity index (χ3v) is 7.47. The van der Waals surface area contributed by atoms with Crippen molar-refractivity contribution in [2.24, 2.45) is 0 Å². The molecule has 2 aromatic carbocycles. The van der Waals surface area contributed by atoms with Crippen molar-refractivity contribution in [1.29, 1.82) is 0 Å². The number of non-ortho nitro benzene ring substituents is 1. The maximum Gasteiger partial charge on any atom is 0.352 e. The number of aromatic carboxylic acids is 1. The molecule has 0 atom stereocenters. The second-order valence-electron chi connectivity index (χ2n) is 11.6. The van der Waals surface area contributed by atoms with Crippen LogP contribution in [0.5, 0.6) is 5.75 Å². The molecule has 1 heterocycles. The molecule has 0 aliphatic rings. The van der Waals surface area contributed by atoms with E-state index in [0.717, 1.165) is 11.5 Å². The van der Waals surface area contributed by atoms with Gasteiger partial charge in [-0.2, -0.15) is 0 Å². The first-order chi connectivity index (χ1) is 27.1. The van der Waals surface area contributed by atoms with Gasteiger partial charge in [0.15, 0.2) is 0 Å². The minimum absolute atomic E-state index is 0.0385. The van der Waals surface area contributed by atoms with Gasteiger partial charge in [-0.1, -0.05) is 0 Å². The molecule has 56 heavy (non-hydrogen) atoms. The van der Waals surface area contributed by atoms with E-state index in [0.29, 0.717) is 83.9 Å². The Hall–Kier alpha value is -5.45. The van der Waals surface area contributed by atoms with E-state index >= 15 is 0 Å². The van der Waals surface area contributed by atoms with Crippen molar-refractivity contribution in [3.05, 3.63) is 68.4 Å². The van der Waals surface area contributed by atoms with Crippen molar-refractivity contribution < 1.29 is 62.5 Å². The fourth-order valence-corrected chi connectivity index (χ4v) is 4.74. The number of nitro benzene ring substituents is 2. The maximum absolute atomic E-state index is 12.0. The number of hydrogen-bond acceptors (Lipinski definition) is 15. The number of amides is 2. The highest BCUT2D eigenvalue weighted by Crippen LogP contribution is 2.28. The molecular weight excluding hydrogens is 744 g/mol. The van der Waals surface area contributed by atoms with Crippen molar-refractivity contribution in [3.63, 3.8) is 0 Å². The van der Waals surface area contributed by atoms with Crippen LogP contribution >= 0.6 is 0 Å². The molecule has 0 radical (unpaired) electrons. The minimum Gasteiger partial charge on any atom is -0.491 e. The molecular formula is C35H48N6O15. The van der Waals surface area contributed by atoms with Crippen molar-refractivity contribution >= 4 is 45.7 Å². The summed E-state index contributed by atoms with van der Waals surface area (Å²) in [6, 6.07) is 10.2. The highest BCUT2D eigenvalue weighted by Gasteiger charge is 2.19. The molecule has 0 bridgehead atoms. The molecule has 3 aromatic rings. The summed E-state index contributed by atoms with van der Waals surface area (Å²) in [5.74, 6) is -0.945. The molecule has 0 aliphatic heterocycles. The molecule has 0 fully saturated rings. The first-order valence-electron chi connectivity index (χ1n) is 17.8. The lowest BCUT2D eigenvalue weighted by Crippen LogP contribution is -2.31. The number of nitrogens with one attached hydrogen (secondary N) is 4. The maximum atomic E-state index is 12.0. The number of fused-ring (bicyclic) bond motifs is 1. The highest BCUT2D eigenvalue weighted by atomic mass is 16.6. The van der Waals surface area contributed by atoms with Crippen LogP contribution in [0.2, 0.25) is 0 Å². The summed E-state index contributed by atoms with van der Waals surface area (Å²) >= 11 is 0. The van der Waals surface area contributed by atoms with Crippen molar-refractivity contribution in [3.8, 4) is 5.75 Å². The summed E-state index contributed by atoms with van der Waals surface area (Å²) in [5, 5.41) is 40.0. The second-order valence-corrected chi connectivity index (χ2v) is 11.6. The first kappa shape index (κ1) is 44.9. The molecule has 21 heteroatoms. The Kier molecular flexibility index (Phi) is 21.2. The van der Waals surface area contributed by atoms with Crippen molar-refractivity contribution in [1.82, 2.24) is 15.6 Å². The number of rotatable bonds is 32. The van der Waals surface area contributed by atoms with E-state index in [4.69, 9.17) is 38.3 Å². The lowest BCUT2D eigenvalue weighted by molar-refractivity contribution is -0.393. The van der Waals surface area contributed by atoms with E-state index in [1.165, 1.54) is 12.1 Å². The first-order valence-corrected chi connectivity index (χ1v) is 17.8. The Labute approximate surface area is 321 Å². The van der Waals surface area contributed by atoms with E-state index in [1.54, 1.807) is 24.3 Å². The Morgan fingerprint density at radius 1 is 0.625 bits per heavy atom. The molecule has 0 saturated carbocycles. The third-order valence-electron chi connectivity index (χ3n) is 7.47. The monoisotopic (exact) mass is 792 g/mol. The highest BCUT2D eigenvalue weighted by molar-refractivity contribution is 5.94. The number of nitrogens with zero attached hydrogens (tertiary/aromatic N) is 2. The van der Waals surface area contributed by atoms with Gasteiger partial charge in [-0.25, -0.2) is 4.79 Å². The SMILES string of the molecule is O=C(CCC(=O)NCCOCCOCCOCCOc1ccc2[nH]c(C(=O)O)cc2c1)NCCOCCOCCOCCNc1ccc([N+](=O)[O-])cc1[N+](=O)[O-]. The van der Waals surface area contributed by atoms with Gasteiger partial charge in [0, 0.05) is 49.4 Å². The van der Waals surface area contributed by atoms with Crippen molar-refractivity contribution in [2.45, 2.75) is 12.8 Å². The zero-order valence-electron chi connectivity index (χ0n) is 30.8. The average Bonchev–Trinajstić information content (AvgIpc) is 3.61. The summed E-state index contributed by atoms with van der Waals surface area (Å²) in [6.07, 6.45) is 0.0797. The number of ether oxygens (including phenoxy) is 7. The zero-order valence-corrected chi connectivity index (χ0v) is 30.8. The molecule has 5 N–H and O–H groups in total. The van der Waals surface area contributed by atoms with Crippen molar-refractivity contribution in [2.75, 3.05) is 111 Å². The molecule has 0 spiro atoms. The molecule has 2 amide bonds. The summed E-state index contributed by atoms with van der Waals surface area (Å²) in [6.45, 7) is 4.98. The number of nitro groups is 2. The van der Waals surface area contributed by atoms with E-state index in [2.05, 4.69) is 20.9 Å². The number of carbonyl (C=O) groups excluding carboxylic acids is 2. The zero-order chi connectivity index (χ0) is 40.4. The summed E-state index contributed by atoms with van der Waals surface area (Å²) in [5.41, 5.74) is 0.225. The normalized spacial score (nSPS) is 11.0. The van der Waals surface area contributed by atoms with Gasteiger partial charge in [-0.3, -0.25) is 29.8 Å². The van der Waals surface area contributed by atoms with Gasteiger partial charge < -0.3 is 59.2 Å². The smallest absolute Gasteiger partial charge is 0.352 e. The predicted molar refractivity (Wildman–Crippen MR) is 199 cm³/mol. The summed E-state index contributed by atoms with van der Waals surface area (Å²) in [4.78, 5) is 58.4. The number of hydrogen-bond donors (Lipinski definition) is 5. The number of carboxylic acid groups (broad SMARTS) is 1. The number of carboxylic acids is 1. The standard InChI is InChI=1S/C35H48N6O15/c42-33(37-8-11-51-14-17-53-16-13-50-10-7-36-30-3-1-27(40(46)47)25-32(30)41(48)49)5-6-34(43)38-9-12-52-15-18-54-19-20-55-21-22-56-28-2-4-29-26(23-28)24-31(39-29)35(44)45/h1-4,23-25,36,39H,5-22H2,(H,37,42)(H,38,43)(H,44,45). The molecule has 3 rings (SSSR count). The van der Waals surface area contributed by atoms with Crippen LogP contribution in [0.1, 0.15) is 23.3 Å². The van der Waals surface area contributed by atoms with Gasteiger partial charge in [-0.05, 0) is 30.3 Å². The molecule has 0 aliphatic carbocycles. The lowest BCUT2D eigenvalue weighted by Gasteiger charge is -2.09. The van der Waals surface area contributed by atoms with Gasteiger partial charge in [0.2, 0.25) is 11.8 Å². The Bertz CT molecular complexity index is 1690. The van der Waals surface area contributed by atoms with E-state index < -0.39 is 21.5 Å². The lowest BCUT2D eigenvalue weighted by atomic mass is 10.2. The van der Waals surface area contributed by atoms with E-state index in [9.17, 15) is 34.6 Å². The van der Waals surface area contributed by atoms with Crippen LogP contribution < -0.4 is 20.7 Å². The number of benzene rings is 2. The number of anilines is 1. The largest absolute Gasteiger partial charge is 0.491 e. The Balaban J connectivity index is 1.02. The van der Waals surface area contributed by atoms with Crippen LogP contribution in [-0.4, -0.2) is 143 Å². The summed E-state index contributed by atoms with van der Waals surface area (Å²) in [7, 11) is 0. The van der Waals surface area contributed by atoms with Crippen LogP contribution in [0.25, 0.3) is 10.9 Å². The summed E-state index contributed by atoms with van der Waals surface area (Å²) < 4.78 is 38.2. The Morgan fingerprint density at radius 2 is 1.14 bits per heavy atom. The molecule has 308 valence electrons. The van der Waals surface area contributed by atoms with Gasteiger partial charge >= 0.3 is 5.97 Å². The van der Waals surface area contributed by atoms with E-state index in [-0.39, 0.29) is 74.6 Å². The van der Waals surface area contributed by atoms with Crippen LogP contribution in [0.3, 0.4) is 0 Å². The van der Waals surface area contributed by atoms with Gasteiger partial charge in [0.1, 0.15) is 23.7 Å². The van der Waals surface area contributed by atoms with Gasteiger partial charge in [0.25, 0.3) is 11.4 Å². The molecule has 21 nitrogen and oxygen atoms in total. The number of aromatic amines is 1. The number of carbonyl (C=O) groups is 3. The average molecular weight is 793 g/mol. The Morgan fingerprint density at radius 3 is 1.66 bits per heavy atom. The topological polar surface area (TPSA) is 274 Å². The van der Waals surface area contributed by atoms with Crippen LogP contribution in [0.4, 0.5) is 17.1 Å². The molecule has 1 aromatic heterocycles. The van der Waals surface area contributed by atoms with E-state index in [1.807, 2.05) is 0 Å². The predicted octanol–water partition coefficient (Wildman–Crippen LogP) is 2.29. The van der Waals surface area contributed by atoms with Crippen LogP contribution in [0.15, 0.2) is 42.5 Å². The molecule has 0 saturated heterocycles. The van der Waals surface area contributed by atoms with Gasteiger partial charge in [-0.15, -0.1) is 0 Å². The fraction of sp³-hybridized carbons (Fsp3) is 0.514. The third kappa shape index (κ3) is 18.3. The molecule has 0 unspecified atom stereocenters. The van der Waals surface area contributed by atoms with Crippen LogP contribution in [0, 0.1) is 20.2 Å². The number of H-pyrrole nitrogens is 1. The fourth-order valence-electron chi connectivity index (χ4n) is 4.74.